The molecule has 7 heteroatoms. The Labute approximate surface area is 173 Å². The first-order valence-electron chi connectivity index (χ1n) is 9.57. The van der Waals surface area contributed by atoms with Crippen LogP contribution >= 0.6 is 0 Å². The molecule has 0 saturated carbocycles. The third-order valence-electron chi connectivity index (χ3n) is 4.33. The number of rotatable bonds is 9. The van der Waals surface area contributed by atoms with Crippen molar-refractivity contribution >= 4 is 15.9 Å². The molecule has 0 aliphatic heterocycles. The molecule has 0 unspecified atom stereocenters. The van der Waals surface area contributed by atoms with E-state index in [1.165, 1.54) is 23.5 Å². The van der Waals surface area contributed by atoms with Gasteiger partial charge in [-0.2, -0.15) is 4.31 Å². The molecule has 2 aromatic carbocycles. The summed E-state index contributed by atoms with van der Waals surface area (Å²) in [5, 5.41) is 2.83. The Balaban J connectivity index is 2.20. The van der Waals surface area contributed by atoms with Gasteiger partial charge < -0.3 is 10.1 Å². The molecule has 2 rings (SSSR count). The van der Waals surface area contributed by atoms with Crippen LogP contribution in [0.3, 0.4) is 0 Å². The summed E-state index contributed by atoms with van der Waals surface area (Å²) in [5.74, 6) is 0.257. The zero-order chi connectivity index (χ0) is 21.5. The molecule has 29 heavy (non-hydrogen) atoms. The highest BCUT2D eigenvalue weighted by atomic mass is 32.2. The van der Waals surface area contributed by atoms with E-state index in [0.717, 1.165) is 5.56 Å². The quantitative estimate of drug-likeness (QED) is 0.679. The van der Waals surface area contributed by atoms with Crippen LogP contribution in [-0.2, 0) is 21.2 Å². The van der Waals surface area contributed by atoms with E-state index in [4.69, 9.17) is 4.74 Å². The van der Waals surface area contributed by atoms with Gasteiger partial charge in [0.2, 0.25) is 15.9 Å². The summed E-state index contributed by atoms with van der Waals surface area (Å²) in [7, 11) is -2.31. The first-order valence-corrected chi connectivity index (χ1v) is 11.0. The first kappa shape index (κ1) is 22.9. The highest BCUT2D eigenvalue weighted by molar-refractivity contribution is 7.89. The van der Waals surface area contributed by atoms with Gasteiger partial charge in [-0.3, -0.25) is 4.79 Å². The maximum absolute atomic E-state index is 13.2. The van der Waals surface area contributed by atoms with Gasteiger partial charge in [-0.1, -0.05) is 51.1 Å². The maximum Gasteiger partial charge on any atom is 0.243 e. The van der Waals surface area contributed by atoms with Gasteiger partial charge in [0, 0.05) is 13.1 Å². The standard InChI is InChI=1S/C22H30N2O4S/c1-22(2,3)17-23-21(25)16-24(15-14-18-8-6-5-7-9-18)29(26,27)20-12-10-19(28-4)11-13-20/h5-13H,14-17H2,1-4H3,(H,23,25). The largest absolute Gasteiger partial charge is 0.497 e. The summed E-state index contributed by atoms with van der Waals surface area (Å²) in [6.45, 7) is 6.48. The van der Waals surface area contributed by atoms with Crippen molar-refractivity contribution < 1.29 is 17.9 Å². The van der Waals surface area contributed by atoms with Crippen LogP contribution in [0.1, 0.15) is 26.3 Å². The lowest BCUT2D eigenvalue weighted by Gasteiger charge is -2.24. The Kier molecular flexibility index (Phi) is 7.81. The van der Waals surface area contributed by atoms with E-state index in [1.807, 2.05) is 51.1 Å². The fourth-order valence-corrected chi connectivity index (χ4v) is 4.06. The average Bonchev–Trinajstić information content (AvgIpc) is 2.69. The fraction of sp³-hybridized carbons (Fsp3) is 0.409. The molecule has 0 aliphatic carbocycles. The lowest BCUT2D eigenvalue weighted by molar-refractivity contribution is -0.121. The van der Waals surface area contributed by atoms with E-state index in [1.54, 1.807) is 12.1 Å². The van der Waals surface area contributed by atoms with E-state index in [-0.39, 0.29) is 29.3 Å². The number of hydrogen-bond donors (Lipinski definition) is 1. The highest BCUT2D eigenvalue weighted by Gasteiger charge is 2.27. The smallest absolute Gasteiger partial charge is 0.243 e. The Bertz CT molecular complexity index is 889. The van der Waals surface area contributed by atoms with Crippen molar-refractivity contribution in [3.63, 3.8) is 0 Å². The Hall–Kier alpha value is -2.38. The molecule has 0 aromatic heterocycles. The molecule has 1 amide bonds. The minimum Gasteiger partial charge on any atom is -0.497 e. The lowest BCUT2D eigenvalue weighted by atomic mass is 9.97. The molecule has 158 valence electrons. The molecule has 1 N–H and O–H groups in total. The second kappa shape index (κ2) is 9.89. The van der Waals surface area contributed by atoms with Crippen LogP contribution < -0.4 is 10.1 Å². The number of carbonyl (C=O) groups excluding carboxylic acids is 1. The number of nitrogens with zero attached hydrogens (tertiary/aromatic N) is 1. The van der Waals surface area contributed by atoms with Crippen LogP contribution in [0.25, 0.3) is 0 Å². The van der Waals surface area contributed by atoms with Crippen LogP contribution in [0, 0.1) is 5.41 Å². The second-order valence-electron chi connectivity index (χ2n) is 8.09. The molecule has 0 radical (unpaired) electrons. The predicted molar refractivity (Wildman–Crippen MR) is 114 cm³/mol. The zero-order valence-corrected chi connectivity index (χ0v) is 18.3. The van der Waals surface area contributed by atoms with Crippen LogP contribution in [-0.4, -0.2) is 45.4 Å². The maximum atomic E-state index is 13.2. The normalized spacial score (nSPS) is 12.0. The number of sulfonamides is 1. The summed E-state index contributed by atoms with van der Waals surface area (Å²) in [6, 6.07) is 15.8. The number of nitrogens with one attached hydrogen (secondary N) is 1. The SMILES string of the molecule is COc1ccc(S(=O)(=O)N(CCc2ccccc2)CC(=O)NCC(C)(C)C)cc1. The molecule has 0 fully saturated rings. The van der Waals surface area contributed by atoms with Crippen molar-refractivity contribution in [2.75, 3.05) is 26.7 Å². The minimum absolute atomic E-state index is 0.0839. The summed E-state index contributed by atoms with van der Waals surface area (Å²) in [6.07, 6.45) is 0.517. The van der Waals surface area contributed by atoms with Crippen molar-refractivity contribution in [2.45, 2.75) is 32.1 Å². The first-order chi connectivity index (χ1) is 13.6. The van der Waals surface area contributed by atoms with Gasteiger partial charge in [-0.25, -0.2) is 8.42 Å². The van der Waals surface area contributed by atoms with Gasteiger partial charge in [0.05, 0.1) is 18.6 Å². The van der Waals surface area contributed by atoms with Crippen molar-refractivity contribution in [3.05, 3.63) is 60.2 Å². The molecule has 0 saturated heterocycles. The number of amides is 1. The zero-order valence-electron chi connectivity index (χ0n) is 17.5. The van der Waals surface area contributed by atoms with Crippen LogP contribution in [0.2, 0.25) is 0 Å². The average molecular weight is 419 g/mol. The number of benzene rings is 2. The number of carbonyl (C=O) groups is 1. The molecular formula is C22H30N2O4S. The number of methoxy groups -OCH3 is 1. The lowest BCUT2D eigenvalue weighted by Crippen LogP contribution is -2.43. The fourth-order valence-electron chi connectivity index (χ4n) is 2.66. The van der Waals surface area contributed by atoms with Gasteiger partial charge in [0.25, 0.3) is 0 Å². The third kappa shape index (κ3) is 7.18. The summed E-state index contributed by atoms with van der Waals surface area (Å²) in [5.41, 5.74) is 0.928. The van der Waals surface area contributed by atoms with Gasteiger partial charge in [0.15, 0.2) is 0 Å². The van der Waals surface area contributed by atoms with E-state index < -0.39 is 10.0 Å². The Morgan fingerprint density at radius 1 is 1.03 bits per heavy atom. The molecule has 0 heterocycles. The topological polar surface area (TPSA) is 75.7 Å². The molecule has 0 aliphatic rings. The van der Waals surface area contributed by atoms with E-state index in [0.29, 0.717) is 18.7 Å². The second-order valence-corrected chi connectivity index (χ2v) is 10.0. The minimum atomic E-state index is -3.83. The Morgan fingerprint density at radius 2 is 1.66 bits per heavy atom. The highest BCUT2D eigenvalue weighted by Crippen LogP contribution is 2.20. The van der Waals surface area contributed by atoms with Crippen molar-refractivity contribution in [1.82, 2.24) is 9.62 Å². The molecule has 0 atom stereocenters. The van der Waals surface area contributed by atoms with Gasteiger partial charge in [-0.15, -0.1) is 0 Å². The predicted octanol–water partition coefficient (Wildman–Crippen LogP) is 3.09. The summed E-state index contributed by atoms with van der Waals surface area (Å²) >= 11 is 0. The van der Waals surface area contributed by atoms with Gasteiger partial charge in [-0.05, 0) is 41.7 Å². The monoisotopic (exact) mass is 418 g/mol. The van der Waals surface area contributed by atoms with E-state index in [9.17, 15) is 13.2 Å². The number of hydrogen-bond acceptors (Lipinski definition) is 4. The van der Waals surface area contributed by atoms with Gasteiger partial charge >= 0.3 is 0 Å². The van der Waals surface area contributed by atoms with Gasteiger partial charge in [0.1, 0.15) is 5.75 Å². The third-order valence-corrected chi connectivity index (χ3v) is 6.19. The number of ether oxygens (including phenoxy) is 1. The van der Waals surface area contributed by atoms with E-state index >= 15 is 0 Å². The van der Waals surface area contributed by atoms with Crippen LogP contribution in [0.15, 0.2) is 59.5 Å². The summed E-state index contributed by atoms with van der Waals surface area (Å²) < 4.78 is 32.7. The van der Waals surface area contributed by atoms with E-state index in [2.05, 4.69) is 5.32 Å². The molecule has 0 spiro atoms. The Morgan fingerprint density at radius 3 is 2.21 bits per heavy atom. The van der Waals surface area contributed by atoms with Crippen molar-refractivity contribution in [2.24, 2.45) is 5.41 Å². The van der Waals surface area contributed by atoms with Crippen molar-refractivity contribution in [3.8, 4) is 5.75 Å². The molecule has 6 nitrogen and oxygen atoms in total. The molecular weight excluding hydrogens is 388 g/mol. The van der Waals surface area contributed by atoms with Crippen LogP contribution in [0.5, 0.6) is 5.75 Å². The van der Waals surface area contributed by atoms with Crippen LogP contribution in [0.4, 0.5) is 0 Å². The summed E-state index contributed by atoms with van der Waals surface area (Å²) in [4.78, 5) is 12.6. The molecule has 0 bridgehead atoms. The molecule has 2 aromatic rings. The van der Waals surface area contributed by atoms with Crippen molar-refractivity contribution in [1.29, 1.82) is 0 Å².